The number of thiazole rings is 1. The fourth-order valence-corrected chi connectivity index (χ4v) is 3.33. The summed E-state index contributed by atoms with van der Waals surface area (Å²) >= 11 is 1.20. The second-order valence-electron chi connectivity index (χ2n) is 6.12. The smallest absolute Gasteiger partial charge is 0.340 e. The molecule has 9 nitrogen and oxygen atoms in total. The van der Waals surface area contributed by atoms with Crippen LogP contribution in [0.5, 0.6) is 5.75 Å². The molecule has 0 aliphatic carbocycles. The number of esters is 1. The molecule has 2 aromatic heterocycles. The maximum Gasteiger partial charge on any atom is 0.340 e. The Morgan fingerprint density at radius 1 is 1.13 bits per heavy atom. The Kier molecular flexibility index (Phi) is 6.48. The van der Waals surface area contributed by atoms with Crippen molar-refractivity contribution >= 4 is 39.9 Å². The Hall–Kier alpha value is -3.66. The van der Waals surface area contributed by atoms with E-state index in [4.69, 9.17) is 13.9 Å². The zero-order valence-corrected chi connectivity index (χ0v) is 17.3. The molecule has 30 heavy (non-hydrogen) atoms. The number of rotatable bonds is 7. The molecule has 0 aliphatic heterocycles. The van der Waals surface area contributed by atoms with Crippen molar-refractivity contribution in [2.75, 3.05) is 24.9 Å². The van der Waals surface area contributed by atoms with Crippen LogP contribution in [0.2, 0.25) is 0 Å². The van der Waals surface area contributed by atoms with Gasteiger partial charge in [0, 0.05) is 5.38 Å². The quantitative estimate of drug-likeness (QED) is 0.553. The average molecular weight is 429 g/mol. The molecule has 10 heteroatoms. The highest BCUT2D eigenvalue weighted by Gasteiger charge is 2.17. The largest absolute Gasteiger partial charge is 0.497 e. The molecule has 0 fully saturated rings. The van der Waals surface area contributed by atoms with Crippen LogP contribution in [0.4, 0.5) is 10.8 Å². The maximum absolute atomic E-state index is 12.4. The summed E-state index contributed by atoms with van der Waals surface area (Å²) in [7, 11) is 2.73. The molecule has 156 valence electrons. The van der Waals surface area contributed by atoms with Crippen LogP contribution in [0.25, 0.3) is 0 Å². The Morgan fingerprint density at radius 2 is 1.93 bits per heavy atom. The van der Waals surface area contributed by atoms with Crippen LogP contribution in [0.15, 0.2) is 40.3 Å². The van der Waals surface area contributed by atoms with Crippen LogP contribution >= 0.6 is 11.3 Å². The number of aryl methyl sites for hydroxylation is 1. The first-order valence-electron chi connectivity index (χ1n) is 8.77. The Morgan fingerprint density at radius 3 is 2.60 bits per heavy atom. The van der Waals surface area contributed by atoms with Crippen molar-refractivity contribution in [1.82, 2.24) is 4.98 Å². The van der Waals surface area contributed by atoms with Crippen LogP contribution in [0.3, 0.4) is 0 Å². The highest BCUT2D eigenvalue weighted by atomic mass is 32.1. The van der Waals surface area contributed by atoms with E-state index in [1.807, 2.05) is 0 Å². The summed E-state index contributed by atoms with van der Waals surface area (Å²) in [6, 6.07) is 6.23. The van der Waals surface area contributed by atoms with Gasteiger partial charge in [0.25, 0.3) is 5.91 Å². The number of hydrogen-bond donors (Lipinski definition) is 2. The number of anilines is 2. The number of hydrogen-bond acceptors (Lipinski definition) is 8. The van der Waals surface area contributed by atoms with Crippen molar-refractivity contribution in [2.24, 2.45) is 0 Å². The summed E-state index contributed by atoms with van der Waals surface area (Å²) in [5, 5.41) is 7.39. The second kappa shape index (κ2) is 9.23. The van der Waals surface area contributed by atoms with Gasteiger partial charge in [-0.15, -0.1) is 11.3 Å². The summed E-state index contributed by atoms with van der Waals surface area (Å²) in [5.41, 5.74) is 1.36. The molecule has 2 heterocycles. The zero-order chi connectivity index (χ0) is 21.7. The van der Waals surface area contributed by atoms with Crippen molar-refractivity contribution < 1.29 is 28.3 Å². The molecule has 3 rings (SSSR count). The third kappa shape index (κ3) is 4.84. The summed E-state index contributed by atoms with van der Waals surface area (Å²) in [5.74, 6) is -0.352. The first-order chi connectivity index (χ1) is 14.4. The molecular weight excluding hydrogens is 410 g/mol. The van der Waals surface area contributed by atoms with Crippen molar-refractivity contribution in [3.05, 3.63) is 58.5 Å². The number of furan rings is 1. The lowest BCUT2D eigenvalue weighted by Crippen LogP contribution is -2.17. The van der Waals surface area contributed by atoms with Gasteiger partial charge in [-0.25, -0.2) is 9.78 Å². The zero-order valence-electron chi connectivity index (χ0n) is 16.5. The number of carbonyl (C=O) groups excluding carboxylic acids is 3. The molecule has 0 unspecified atom stereocenters. The average Bonchev–Trinajstić information content (AvgIpc) is 3.36. The Labute approximate surface area is 176 Å². The van der Waals surface area contributed by atoms with E-state index < -0.39 is 5.97 Å². The van der Waals surface area contributed by atoms with Gasteiger partial charge in [-0.1, -0.05) is 0 Å². The van der Waals surface area contributed by atoms with Gasteiger partial charge in [-0.3, -0.25) is 14.9 Å². The maximum atomic E-state index is 12.4. The van der Waals surface area contributed by atoms with Crippen molar-refractivity contribution in [2.45, 2.75) is 13.3 Å². The summed E-state index contributed by atoms with van der Waals surface area (Å²) in [4.78, 5) is 40.9. The van der Waals surface area contributed by atoms with Crippen LogP contribution in [0.1, 0.15) is 32.2 Å². The van der Waals surface area contributed by atoms with Crippen LogP contribution in [-0.2, 0) is 16.0 Å². The number of carbonyl (C=O) groups is 3. The molecular formula is C20H19N3O6S. The van der Waals surface area contributed by atoms with Crippen molar-refractivity contribution in [3.63, 3.8) is 0 Å². The molecule has 0 aliphatic rings. The first kappa shape index (κ1) is 21.1. The van der Waals surface area contributed by atoms with Gasteiger partial charge < -0.3 is 19.2 Å². The predicted octanol–water partition coefficient (Wildman–Crippen LogP) is 3.27. The van der Waals surface area contributed by atoms with Gasteiger partial charge in [-0.05, 0) is 31.2 Å². The van der Waals surface area contributed by atoms with E-state index in [2.05, 4.69) is 15.6 Å². The highest BCUT2D eigenvalue weighted by molar-refractivity contribution is 7.14. The molecule has 0 radical (unpaired) electrons. The third-order valence-corrected chi connectivity index (χ3v) is 4.93. The number of amides is 2. The number of aromatic nitrogens is 1. The van der Waals surface area contributed by atoms with Gasteiger partial charge in [0.2, 0.25) is 5.91 Å². The molecule has 0 saturated heterocycles. The van der Waals surface area contributed by atoms with E-state index in [1.165, 1.54) is 37.9 Å². The minimum atomic E-state index is -0.600. The monoisotopic (exact) mass is 429 g/mol. The van der Waals surface area contributed by atoms with Crippen molar-refractivity contribution in [3.8, 4) is 5.75 Å². The third-order valence-electron chi connectivity index (χ3n) is 4.12. The Balaban J connectivity index is 1.65. The van der Waals surface area contributed by atoms with Crippen LogP contribution in [0, 0.1) is 6.92 Å². The van der Waals surface area contributed by atoms with Crippen LogP contribution < -0.4 is 15.4 Å². The molecule has 0 bridgehead atoms. The number of ether oxygens (including phenoxy) is 2. The van der Waals surface area contributed by atoms with Gasteiger partial charge >= 0.3 is 5.97 Å². The molecule has 3 aromatic rings. The number of methoxy groups -OCH3 is 2. The fourth-order valence-electron chi connectivity index (χ4n) is 2.63. The van der Waals surface area contributed by atoms with E-state index in [-0.39, 0.29) is 23.8 Å². The Bertz CT molecular complexity index is 1090. The van der Waals surface area contributed by atoms with Gasteiger partial charge in [0.1, 0.15) is 11.5 Å². The minimum absolute atomic E-state index is 0.0379. The minimum Gasteiger partial charge on any atom is -0.497 e. The van der Waals surface area contributed by atoms with Crippen molar-refractivity contribution in [1.29, 1.82) is 0 Å². The lowest BCUT2D eigenvalue weighted by Gasteiger charge is -2.11. The summed E-state index contributed by atoms with van der Waals surface area (Å²) in [6.07, 6.45) is 1.40. The predicted molar refractivity (Wildman–Crippen MR) is 110 cm³/mol. The van der Waals surface area contributed by atoms with Gasteiger partial charge in [0.15, 0.2) is 5.13 Å². The summed E-state index contributed by atoms with van der Waals surface area (Å²) in [6.45, 7) is 1.69. The molecule has 2 N–H and O–H groups in total. The molecule has 0 atom stereocenters. The molecule has 0 spiro atoms. The van der Waals surface area contributed by atoms with E-state index >= 15 is 0 Å². The normalized spacial score (nSPS) is 10.4. The number of nitrogens with zero attached hydrogens (tertiary/aromatic N) is 1. The lowest BCUT2D eigenvalue weighted by molar-refractivity contribution is -0.115. The highest BCUT2D eigenvalue weighted by Crippen LogP contribution is 2.24. The topological polar surface area (TPSA) is 120 Å². The molecule has 0 saturated carbocycles. The van der Waals surface area contributed by atoms with Gasteiger partial charge in [-0.2, -0.15) is 0 Å². The summed E-state index contributed by atoms with van der Waals surface area (Å²) < 4.78 is 15.0. The fraction of sp³-hybridized carbons (Fsp3) is 0.200. The van der Waals surface area contributed by atoms with Crippen LogP contribution in [-0.4, -0.2) is 37.0 Å². The molecule has 2 amide bonds. The first-order valence-corrected chi connectivity index (χ1v) is 9.65. The second-order valence-corrected chi connectivity index (χ2v) is 6.97. The number of nitrogens with one attached hydrogen (secondary N) is 2. The van der Waals surface area contributed by atoms with E-state index in [9.17, 15) is 14.4 Å². The lowest BCUT2D eigenvalue weighted by atomic mass is 10.1. The SMILES string of the molecule is COC(=O)c1cc(OC)ccc1NC(=O)Cc1csc(NC(=O)c2ccoc2C)n1. The number of benzene rings is 1. The van der Waals surface area contributed by atoms with E-state index in [0.29, 0.717) is 33.6 Å². The van der Waals surface area contributed by atoms with Gasteiger partial charge in [0.05, 0.1) is 49.4 Å². The van der Waals surface area contributed by atoms with E-state index in [0.717, 1.165) is 0 Å². The standard InChI is InChI=1S/C20H19N3O6S/c1-11-14(6-7-29-11)18(25)23-20-21-12(10-30-20)8-17(24)22-16-5-4-13(27-2)9-15(16)19(26)28-3/h4-7,9-10H,8H2,1-3H3,(H,22,24)(H,21,23,25). The van der Waals surface area contributed by atoms with E-state index in [1.54, 1.807) is 30.5 Å². The molecule has 1 aromatic carbocycles.